The van der Waals surface area contributed by atoms with Crippen molar-refractivity contribution in [3.05, 3.63) is 77.0 Å². The van der Waals surface area contributed by atoms with E-state index in [4.69, 9.17) is 0 Å². The Morgan fingerprint density at radius 3 is 2.69 bits per heavy atom. The van der Waals surface area contributed by atoms with Gasteiger partial charge in [-0.1, -0.05) is 13.0 Å². The Morgan fingerprint density at radius 1 is 1.12 bits per heavy atom. The number of aromatic amines is 1. The molecule has 0 saturated heterocycles. The van der Waals surface area contributed by atoms with Crippen molar-refractivity contribution in [3.63, 3.8) is 0 Å². The van der Waals surface area contributed by atoms with Gasteiger partial charge >= 0.3 is 0 Å². The Kier molecular flexibility index (Phi) is 5.34. The first-order valence-corrected chi connectivity index (χ1v) is 10.8. The van der Waals surface area contributed by atoms with Crippen LogP contribution in [0.1, 0.15) is 52.6 Å². The van der Waals surface area contributed by atoms with Crippen LogP contribution in [-0.2, 0) is 12.8 Å². The van der Waals surface area contributed by atoms with E-state index >= 15 is 0 Å². The van der Waals surface area contributed by atoms with Crippen LogP contribution >= 0.6 is 0 Å². The topological polar surface area (TPSA) is 96.5 Å². The summed E-state index contributed by atoms with van der Waals surface area (Å²) in [4.78, 5) is 33.1. The lowest BCUT2D eigenvalue weighted by molar-refractivity contribution is 0.103. The first kappa shape index (κ1) is 20.2. The van der Waals surface area contributed by atoms with Crippen LogP contribution < -0.4 is 5.32 Å². The summed E-state index contributed by atoms with van der Waals surface area (Å²) in [5.41, 5.74) is 3.27. The molecule has 1 aliphatic rings. The minimum absolute atomic E-state index is 0.0777. The molecule has 0 amide bonds. The molecule has 4 heterocycles. The fourth-order valence-corrected chi connectivity index (χ4v) is 3.70. The molecule has 0 unspecified atom stereocenters. The van der Waals surface area contributed by atoms with Crippen molar-refractivity contribution in [1.29, 1.82) is 0 Å². The van der Waals surface area contributed by atoms with Gasteiger partial charge in [0, 0.05) is 36.7 Å². The maximum absolute atomic E-state index is 14.9. The lowest BCUT2D eigenvalue weighted by atomic mass is 10.0. The van der Waals surface area contributed by atoms with E-state index in [0.717, 1.165) is 24.2 Å². The third-order valence-electron chi connectivity index (χ3n) is 5.75. The highest BCUT2D eigenvalue weighted by Gasteiger charge is 2.24. The van der Waals surface area contributed by atoms with Gasteiger partial charge in [-0.05, 0) is 48.9 Å². The molecule has 162 valence electrons. The molecule has 32 heavy (non-hydrogen) atoms. The maximum Gasteiger partial charge on any atom is 0.224 e. The molecule has 0 aliphatic heterocycles. The van der Waals surface area contributed by atoms with Gasteiger partial charge in [-0.2, -0.15) is 4.39 Å². The minimum atomic E-state index is -0.788. The number of halogens is 1. The summed E-state index contributed by atoms with van der Waals surface area (Å²) >= 11 is 0. The van der Waals surface area contributed by atoms with Crippen molar-refractivity contribution < 1.29 is 9.18 Å². The van der Waals surface area contributed by atoms with Crippen LogP contribution in [-0.4, -0.2) is 37.2 Å². The van der Waals surface area contributed by atoms with Crippen LogP contribution in [0, 0.1) is 11.9 Å². The minimum Gasteiger partial charge on any atom is -0.369 e. The van der Waals surface area contributed by atoms with Gasteiger partial charge in [0.15, 0.2) is 5.78 Å². The number of aromatic nitrogens is 5. The van der Waals surface area contributed by atoms with E-state index in [0.29, 0.717) is 40.4 Å². The van der Waals surface area contributed by atoms with Crippen molar-refractivity contribution in [2.75, 3.05) is 11.9 Å². The molecule has 1 fully saturated rings. The van der Waals surface area contributed by atoms with Crippen LogP contribution in [0.4, 0.5) is 10.2 Å². The summed E-state index contributed by atoms with van der Waals surface area (Å²) in [6.07, 6.45) is 8.47. The molecule has 0 aromatic carbocycles. The molecule has 2 N–H and O–H groups in total. The number of nitrogens with zero attached hydrogens (tertiary/aromatic N) is 4. The van der Waals surface area contributed by atoms with Crippen LogP contribution in [0.15, 0.2) is 43.0 Å². The Bertz CT molecular complexity index is 1280. The summed E-state index contributed by atoms with van der Waals surface area (Å²) in [5.74, 6) is -0.0180. The Hall–Kier alpha value is -3.68. The molecule has 1 saturated carbocycles. The monoisotopic (exact) mass is 430 g/mol. The highest BCUT2D eigenvalue weighted by molar-refractivity contribution is 6.18. The van der Waals surface area contributed by atoms with Crippen LogP contribution in [0.5, 0.6) is 0 Å². The molecule has 0 atom stereocenters. The highest BCUT2D eigenvalue weighted by atomic mass is 19.1. The van der Waals surface area contributed by atoms with Crippen molar-refractivity contribution in [2.24, 2.45) is 5.92 Å². The smallest absolute Gasteiger partial charge is 0.224 e. The average Bonchev–Trinajstić information content (AvgIpc) is 3.54. The van der Waals surface area contributed by atoms with Gasteiger partial charge in [0.1, 0.15) is 17.8 Å². The van der Waals surface area contributed by atoms with Crippen LogP contribution in [0.25, 0.3) is 11.0 Å². The third-order valence-corrected chi connectivity index (χ3v) is 5.75. The van der Waals surface area contributed by atoms with Gasteiger partial charge < -0.3 is 10.3 Å². The van der Waals surface area contributed by atoms with Crippen molar-refractivity contribution in [3.8, 4) is 0 Å². The molecule has 1 aliphatic carbocycles. The van der Waals surface area contributed by atoms with Gasteiger partial charge in [0.05, 0.1) is 16.5 Å². The normalized spacial score (nSPS) is 13.4. The lowest BCUT2D eigenvalue weighted by Crippen LogP contribution is -2.10. The molecule has 5 rings (SSSR count). The summed E-state index contributed by atoms with van der Waals surface area (Å²) in [6.45, 7) is 2.84. The number of anilines is 1. The number of carbonyl (C=O) groups is 1. The quantitative estimate of drug-likeness (QED) is 0.323. The molecule has 7 nitrogen and oxygen atoms in total. The number of hydrogen-bond donors (Lipinski definition) is 2. The van der Waals surface area contributed by atoms with Crippen molar-refractivity contribution in [2.45, 2.75) is 32.6 Å². The first-order valence-electron chi connectivity index (χ1n) is 10.8. The predicted octanol–water partition coefficient (Wildman–Crippen LogP) is 4.09. The summed E-state index contributed by atoms with van der Waals surface area (Å²) < 4.78 is 14.9. The van der Waals surface area contributed by atoms with E-state index in [-0.39, 0.29) is 5.56 Å². The average molecular weight is 430 g/mol. The number of carbonyl (C=O) groups excluding carboxylic acids is 1. The molecule has 4 aromatic rings. The van der Waals surface area contributed by atoms with Gasteiger partial charge in [0.2, 0.25) is 5.95 Å². The fraction of sp³-hybridized carbons (Fsp3) is 0.292. The standard InChI is InChI=1S/C24H23FN6O/c1-2-16-6-5-15(11-26-16)9-17-7-8-18(22(25)31-17)21(32)19-12-28-24-20(19)23(29-13-30-24)27-10-14-3-4-14/h5-8,11-14H,2-4,9-10H2,1H3,(H2,27,28,29,30). The first-order chi connectivity index (χ1) is 15.6. The zero-order valence-electron chi connectivity index (χ0n) is 17.7. The summed E-state index contributed by atoms with van der Waals surface area (Å²) in [7, 11) is 0. The number of ketones is 1. The van der Waals surface area contributed by atoms with E-state index in [9.17, 15) is 9.18 Å². The fourth-order valence-electron chi connectivity index (χ4n) is 3.70. The summed E-state index contributed by atoms with van der Waals surface area (Å²) in [6, 6.07) is 7.10. The molecular formula is C24H23FN6O. The molecule has 4 aromatic heterocycles. The number of aryl methyl sites for hydroxylation is 1. The molecule has 8 heteroatoms. The van der Waals surface area contributed by atoms with Gasteiger partial charge in [-0.3, -0.25) is 9.78 Å². The Balaban J connectivity index is 1.40. The molecule has 0 radical (unpaired) electrons. The number of hydrogen-bond acceptors (Lipinski definition) is 6. The van der Waals surface area contributed by atoms with Gasteiger partial charge in [0.25, 0.3) is 0 Å². The zero-order valence-corrected chi connectivity index (χ0v) is 17.7. The Morgan fingerprint density at radius 2 is 1.97 bits per heavy atom. The number of nitrogens with one attached hydrogen (secondary N) is 2. The SMILES string of the molecule is CCc1ccc(Cc2ccc(C(=O)c3c[nH]c4ncnc(NCC5CC5)c34)c(F)n2)cn1. The van der Waals surface area contributed by atoms with Gasteiger partial charge in [-0.25, -0.2) is 15.0 Å². The number of pyridine rings is 2. The highest BCUT2D eigenvalue weighted by Crippen LogP contribution is 2.31. The van der Waals surface area contributed by atoms with E-state index in [2.05, 4.69) is 30.2 Å². The number of fused-ring (bicyclic) bond motifs is 1. The largest absolute Gasteiger partial charge is 0.369 e. The van der Waals surface area contributed by atoms with Crippen LogP contribution in [0.3, 0.4) is 0 Å². The van der Waals surface area contributed by atoms with Crippen molar-refractivity contribution in [1.82, 2.24) is 24.9 Å². The maximum atomic E-state index is 14.9. The van der Waals surface area contributed by atoms with Crippen LogP contribution in [0.2, 0.25) is 0 Å². The number of rotatable bonds is 8. The molecule has 0 bridgehead atoms. The second-order valence-corrected chi connectivity index (χ2v) is 8.13. The lowest BCUT2D eigenvalue weighted by Gasteiger charge is -2.08. The Labute approximate surface area is 184 Å². The van der Waals surface area contributed by atoms with E-state index in [1.807, 2.05) is 19.1 Å². The third kappa shape index (κ3) is 4.08. The second-order valence-electron chi connectivity index (χ2n) is 8.13. The summed E-state index contributed by atoms with van der Waals surface area (Å²) in [5, 5.41) is 3.88. The van der Waals surface area contributed by atoms with E-state index in [1.54, 1.807) is 18.5 Å². The van der Waals surface area contributed by atoms with E-state index in [1.165, 1.54) is 25.2 Å². The van der Waals surface area contributed by atoms with E-state index < -0.39 is 11.7 Å². The zero-order chi connectivity index (χ0) is 22.1. The second kappa shape index (κ2) is 8.45. The molecular weight excluding hydrogens is 407 g/mol. The predicted molar refractivity (Wildman–Crippen MR) is 119 cm³/mol. The van der Waals surface area contributed by atoms with Gasteiger partial charge in [-0.15, -0.1) is 0 Å². The van der Waals surface area contributed by atoms with Crippen molar-refractivity contribution >= 4 is 22.6 Å². The molecule has 0 spiro atoms. The number of H-pyrrole nitrogens is 1.